The fraction of sp³-hybridized carbons (Fsp3) is 0.625. The Balaban J connectivity index is 2.39. The molecule has 0 aliphatic heterocycles. The third-order valence-corrected chi connectivity index (χ3v) is 7.03. The SMILES string of the molecule is CCc1ccc([C@H]2[C@@H](S(=O)(=O)CC)[C@@]2(CN)COC)cc1. The van der Waals surface area contributed by atoms with Crippen molar-refractivity contribution < 1.29 is 13.2 Å². The van der Waals surface area contributed by atoms with Crippen molar-refractivity contribution in [2.75, 3.05) is 26.0 Å². The summed E-state index contributed by atoms with van der Waals surface area (Å²) >= 11 is 0. The van der Waals surface area contributed by atoms with Crippen LogP contribution in [0.15, 0.2) is 24.3 Å². The van der Waals surface area contributed by atoms with E-state index in [1.165, 1.54) is 5.56 Å². The normalized spacial score (nSPS) is 28.6. The van der Waals surface area contributed by atoms with E-state index < -0.39 is 20.5 Å². The Bertz CT molecular complexity index is 582. The van der Waals surface area contributed by atoms with Crippen LogP contribution in [0.5, 0.6) is 0 Å². The van der Waals surface area contributed by atoms with E-state index in [4.69, 9.17) is 10.5 Å². The highest BCUT2D eigenvalue weighted by Crippen LogP contribution is 2.62. The summed E-state index contributed by atoms with van der Waals surface area (Å²) in [7, 11) is -1.54. The van der Waals surface area contributed by atoms with E-state index in [9.17, 15) is 8.42 Å². The molecule has 1 aliphatic rings. The number of methoxy groups -OCH3 is 1. The molecule has 3 atom stereocenters. The van der Waals surface area contributed by atoms with Gasteiger partial charge in [0.1, 0.15) is 0 Å². The highest BCUT2D eigenvalue weighted by molar-refractivity contribution is 7.92. The molecule has 0 heterocycles. The number of nitrogens with two attached hydrogens (primary N) is 1. The molecule has 1 aromatic rings. The Morgan fingerprint density at radius 3 is 2.29 bits per heavy atom. The van der Waals surface area contributed by atoms with Crippen molar-refractivity contribution in [2.45, 2.75) is 31.4 Å². The van der Waals surface area contributed by atoms with Gasteiger partial charge in [-0.3, -0.25) is 0 Å². The van der Waals surface area contributed by atoms with E-state index in [2.05, 4.69) is 19.1 Å². The van der Waals surface area contributed by atoms with E-state index in [1.807, 2.05) is 12.1 Å². The first-order chi connectivity index (χ1) is 9.96. The van der Waals surface area contributed by atoms with Gasteiger partial charge in [-0.1, -0.05) is 38.1 Å². The summed E-state index contributed by atoms with van der Waals surface area (Å²) < 4.78 is 30.1. The summed E-state index contributed by atoms with van der Waals surface area (Å²) in [5, 5.41) is -0.424. The third kappa shape index (κ3) is 2.74. The molecule has 0 radical (unpaired) electrons. The van der Waals surface area contributed by atoms with Crippen molar-refractivity contribution in [1.29, 1.82) is 0 Å². The fourth-order valence-electron chi connectivity index (χ4n) is 3.41. The van der Waals surface area contributed by atoms with Crippen LogP contribution in [0.25, 0.3) is 0 Å². The third-order valence-electron chi connectivity index (χ3n) is 4.71. The molecule has 1 aromatic carbocycles. The molecule has 118 valence electrons. The van der Waals surface area contributed by atoms with Crippen LogP contribution in [-0.2, 0) is 21.0 Å². The average molecular weight is 311 g/mol. The molecular formula is C16H25NO3S. The molecule has 0 spiro atoms. The van der Waals surface area contributed by atoms with Gasteiger partial charge in [-0.15, -0.1) is 0 Å². The van der Waals surface area contributed by atoms with Crippen molar-refractivity contribution in [1.82, 2.24) is 0 Å². The van der Waals surface area contributed by atoms with Gasteiger partial charge >= 0.3 is 0 Å². The van der Waals surface area contributed by atoms with Crippen LogP contribution >= 0.6 is 0 Å². The van der Waals surface area contributed by atoms with Gasteiger partial charge in [0.15, 0.2) is 9.84 Å². The smallest absolute Gasteiger partial charge is 0.154 e. The molecular weight excluding hydrogens is 286 g/mol. The zero-order valence-corrected chi connectivity index (χ0v) is 13.8. The molecule has 1 fully saturated rings. The summed E-state index contributed by atoms with van der Waals surface area (Å²) in [6, 6.07) is 8.21. The first-order valence-electron chi connectivity index (χ1n) is 7.46. The maximum absolute atomic E-state index is 12.4. The first-order valence-corrected chi connectivity index (χ1v) is 9.17. The maximum Gasteiger partial charge on any atom is 0.154 e. The fourth-order valence-corrected chi connectivity index (χ4v) is 5.56. The average Bonchev–Trinajstić information content (AvgIpc) is 3.18. The van der Waals surface area contributed by atoms with Crippen LogP contribution in [0.4, 0.5) is 0 Å². The van der Waals surface area contributed by atoms with Crippen molar-refractivity contribution in [3.05, 3.63) is 35.4 Å². The molecule has 2 rings (SSSR count). The van der Waals surface area contributed by atoms with Crippen LogP contribution < -0.4 is 5.73 Å². The van der Waals surface area contributed by atoms with Gasteiger partial charge in [0.05, 0.1) is 11.9 Å². The Hall–Kier alpha value is -0.910. The summed E-state index contributed by atoms with van der Waals surface area (Å²) in [6.45, 7) is 4.50. The molecule has 0 bridgehead atoms. The Labute approximate surface area is 127 Å². The van der Waals surface area contributed by atoms with Crippen molar-refractivity contribution >= 4 is 9.84 Å². The first kappa shape index (κ1) is 16.5. The minimum atomic E-state index is -3.14. The predicted octanol–water partition coefficient (Wildman–Crippen LogP) is 1.74. The Morgan fingerprint density at radius 1 is 1.24 bits per heavy atom. The molecule has 0 unspecified atom stereocenters. The van der Waals surface area contributed by atoms with Gasteiger partial charge < -0.3 is 10.5 Å². The lowest BCUT2D eigenvalue weighted by atomic mass is 9.99. The summed E-state index contributed by atoms with van der Waals surface area (Å²) in [6.07, 6.45) is 0.974. The number of benzene rings is 1. The monoisotopic (exact) mass is 311 g/mol. The van der Waals surface area contributed by atoms with Crippen molar-refractivity contribution in [3.63, 3.8) is 0 Å². The Kier molecular flexibility index (Phi) is 4.76. The lowest BCUT2D eigenvalue weighted by Crippen LogP contribution is -2.28. The molecule has 4 nitrogen and oxygen atoms in total. The number of rotatable bonds is 7. The largest absolute Gasteiger partial charge is 0.384 e. The van der Waals surface area contributed by atoms with Crippen LogP contribution in [0.1, 0.15) is 30.9 Å². The lowest BCUT2D eigenvalue weighted by molar-refractivity contribution is 0.142. The number of hydrogen-bond acceptors (Lipinski definition) is 4. The van der Waals surface area contributed by atoms with Gasteiger partial charge in [-0.2, -0.15) is 0 Å². The van der Waals surface area contributed by atoms with Gasteiger partial charge in [0.25, 0.3) is 0 Å². The van der Waals surface area contributed by atoms with E-state index in [0.29, 0.717) is 13.2 Å². The second kappa shape index (κ2) is 6.07. The highest BCUT2D eigenvalue weighted by Gasteiger charge is 2.69. The zero-order chi connectivity index (χ0) is 15.7. The van der Waals surface area contributed by atoms with Crippen LogP contribution in [0.3, 0.4) is 0 Å². The summed E-state index contributed by atoms with van der Waals surface area (Å²) in [4.78, 5) is 0. The summed E-state index contributed by atoms with van der Waals surface area (Å²) in [5.41, 5.74) is 7.76. The quantitative estimate of drug-likeness (QED) is 0.833. The Morgan fingerprint density at radius 2 is 1.86 bits per heavy atom. The molecule has 21 heavy (non-hydrogen) atoms. The molecule has 1 saturated carbocycles. The molecule has 5 heteroatoms. The maximum atomic E-state index is 12.4. The lowest BCUT2D eigenvalue weighted by Gasteiger charge is -2.14. The number of hydrogen-bond donors (Lipinski definition) is 1. The molecule has 0 saturated heterocycles. The molecule has 1 aliphatic carbocycles. The van der Waals surface area contributed by atoms with Crippen LogP contribution in [-0.4, -0.2) is 39.7 Å². The van der Waals surface area contributed by atoms with E-state index >= 15 is 0 Å². The second-order valence-corrected chi connectivity index (χ2v) is 8.23. The van der Waals surface area contributed by atoms with E-state index in [0.717, 1.165) is 12.0 Å². The molecule has 2 N–H and O–H groups in total. The topological polar surface area (TPSA) is 69.4 Å². The predicted molar refractivity (Wildman–Crippen MR) is 85.2 cm³/mol. The highest BCUT2D eigenvalue weighted by atomic mass is 32.2. The minimum Gasteiger partial charge on any atom is -0.384 e. The van der Waals surface area contributed by atoms with Gasteiger partial charge in [-0.05, 0) is 17.5 Å². The zero-order valence-electron chi connectivity index (χ0n) is 13.0. The summed E-state index contributed by atoms with van der Waals surface area (Å²) in [5.74, 6) is 0.0884. The van der Waals surface area contributed by atoms with Crippen LogP contribution in [0, 0.1) is 5.41 Å². The van der Waals surface area contributed by atoms with Gasteiger partial charge in [0, 0.05) is 30.7 Å². The minimum absolute atomic E-state index is 0.0571. The number of ether oxygens (including phenoxy) is 1. The molecule has 0 amide bonds. The van der Waals surface area contributed by atoms with E-state index in [1.54, 1.807) is 14.0 Å². The number of sulfone groups is 1. The standard InChI is InChI=1S/C16H25NO3S/c1-4-12-6-8-13(9-7-12)14-15(21(18,19)5-2)16(14,10-17)11-20-3/h6-9,14-15H,4-5,10-11,17H2,1-3H3/t14-,15+,16-/m0/s1. The van der Waals surface area contributed by atoms with Gasteiger partial charge in [0.2, 0.25) is 0 Å². The second-order valence-electron chi connectivity index (χ2n) is 5.82. The van der Waals surface area contributed by atoms with E-state index in [-0.39, 0.29) is 11.7 Å². The van der Waals surface area contributed by atoms with Crippen LogP contribution in [0.2, 0.25) is 0 Å². The van der Waals surface area contributed by atoms with Gasteiger partial charge in [-0.25, -0.2) is 8.42 Å². The number of aryl methyl sites for hydroxylation is 1. The van der Waals surface area contributed by atoms with Crippen molar-refractivity contribution in [2.24, 2.45) is 11.1 Å². The van der Waals surface area contributed by atoms with Crippen molar-refractivity contribution in [3.8, 4) is 0 Å². The molecule has 0 aromatic heterocycles.